The smallest absolute Gasteiger partial charge is 0.326 e. The third-order valence-corrected chi connectivity index (χ3v) is 4.68. The lowest BCUT2D eigenvalue weighted by Gasteiger charge is -2.11. The van der Waals surface area contributed by atoms with Crippen LogP contribution in [0, 0.1) is 18.3 Å². The third-order valence-electron chi connectivity index (χ3n) is 3.80. The molecule has 0 unspecified atom stereocenters. The number of thiazole rings is 1. The van der Waals surface area contributed by atoms with Crippen LogP contribution in [-0.4, -0.2) is 20.1 Å². The zero-order valence-corrected chi connectivity index (χ0v) is 14.7. The fraction of sp³-hybridized carbons (Fsp3) is 0.235. The Hall–Kier alpha value is -3.25. The van der Waals surface area contributed by atoms with Crippen molar-refractivity contribution in [1.29, 1.82) is 5.26 Å². The quantitative estimate of drug-likeness (QED) is 0.625. The first-order valence-corrected chi connectivity index (χ1v) is 8.55. The monoisotopic (exact) mass is 370 g/mol. The summed E-state index contributed by atoms with van der Waals surface area (Å²) in [5, 5.41) is 11.0. The van der Waals surface area contributed by atoms with Crippen molar-refractivity contribution in [3.05, 3.63) is 61.2 Å². The van der Waals surface area contributed by atoms with Crippen LogP contribution in [0.2, 0.25) is 0 Å². The molecular weight excluding hydrogens is 356 g/mol. The van der Waals surface area contributed by atoms with E-state index in [-0.39, 0.29) is 36.0 Å². The fourth-order valence-corrected chi connectivity index (χ4v) is 3.21. The maximum absolute atomic E-state index is 12.5. The van der Waals surface area contributed by atoms with Crippen LogP contribution in [0.15, 0.2) is 39.2 Å². The van der Waals surface area contributed by atoms with Gasteiger partial charge in [0.2, 0.25) is 0 Å². The number of aromatic nitrogens is 3. The number of esters is 1. The van der Waals surface area contributed by atoms with Crippen LogP contribution in [0.4, 0.5) is 0 Å². The molecule has 3 aromatic rings. The normalized spacial score (nSPS) is 10.6. The van der Waals surface area contributed by atoms with Gasteiger partial charge < -0.3 is 4.74 Å². The summed E-state index contributed by atoms with van der Waals surface area (Å²) in [6.45, 7) is 1.04. The zero-order valence-electron chi connectivity index (χ0n) is 13.8. The Balaban J connectivity index is 1.85. The van der Waals surface area contributed by atoms with Gasteiger partial charge in [0.15, 0.2) is 5.82 Å². The topological polar surface area (TPSA) is 107 Å². The number of benzene rings is 1. The summed E-state index contributed by atoms with van der Waals surface area (Å²) in [5.74, 6) is -0.447. The maximum Gasteiger partial charge on any atom is 0.326 e. The van der Waals surface area contributed by atoms with Gasteiger partial charge >= 0.3 is 10.8 Å². The van der Waals surface area contributed by atoms with Crippen LogP contribution in [0.3, 0.4) is 0 Å². The van der Waals surface area contributed by atoms with Crippen LogP contribution >= 0.6 is 11.3 Å². The predicted molar refractivity (Wildman–Crippen MR) is 94.7 cm³/mol. The Morgan fingerprint density at radius 3 is 2.77 bits per heavy atom. The second-order valence-electron chi connectivity index (χ2n) is 5.48. The number of nitriles is 1. The summed E-state index contributed by atoms with van der Waals surface area (Å²) in [4.78, 5) is 40.3. The molecule has 9 heteroatoms. The lowest BCUT2D eigenvalue weighted by molar-refractivity contribution is -0.146. The Morgan fingerprint density at radius 2 is 2.08 bits per heavy atom. The third kappa shape index (κ3) is 3.41. The molecule has 2 aromatic heterocycles. The predicted octanol–water partition coefficient (Wildman–Crippen LogP) is 1.20. The number of hydrogen-bond donors (Lipinski definition) is 0. The number of rotatable bonds is 5. The lowest BCUT2D eigenvalue weighted by Crippen LogP contribution is -2.27. The number of carbonyl (C=O) groups is 1. The van der Waals surface area contributed by atoms with Crippen LogP contribution in [0.5, 0.6) is 0 Å². The van der Waals surface area contributed by atoms with Crippen LogP contribution in [-0.2, 0) is 29.2 Å². The molecule has 0 amide bonds. The van der Waals surface area contributed by atoms with E-state index < -0.39 is 5.97 Å². The van der Waals surface area contributed by atoms with Crippen molar-refractivity contribution in [2.45, 2.75) is 26.6 Å². The minimum atomic E-state index is -0.625. The first-order chi connectivity index (χ1) is 12.5. The highest BCUT2D eigenvalue weighted by Crippen LogP contribution is 2.09. The van der Waals surface area contributed by atoms with Gasteiger partial charge in [-0.1, -0.05) is 23.5 Å². The van der Waals surface area contributed by atoms with Crippen molar-refractivity contribution in [3.63, 3.8) is 0 Å². The number of nitrogens with zero attached hydrogens (tertiary/aromatic N) is 4. The van der Waals surface area contributed by atoms with Crippen molar-refractivity contribution < 1.29 is 9.53 Å². The van der Waals surface area contributed by atoms with Crippen LogP contribution < -0.4 is 10.4 Å². The first kappa shape index (κ1) is 17.6. The molecule has 0 saturated carbocycles. The number of carbonyl (C=O) groups excluding carboxylic acids is 1. The molecule has 8 nitrogen and oxygen atoms in total. The molecule has 3 rings (SSSR count). The zero-order chi connectivity index (χ0) is 18.7. The molecule has 132 valence electrons. The fourth-order valence-electron chi connectivity index (χ4n) is 2.47. The van der Waals surface area contributed by atoms with E-state index in [2.05, 4.69) is 4.98 Å². The summed E-state index contributed by atoms with van der Waals surface area (Å²) in [6, 6.07) is 8.66. The summed E-state index contributed by atoms with van der Waals surface area (Å²) >= 11 is 1.01. The Kier molecular flexibility index (Phi) is 4.95. The number of hydrogen-bond acceptors (Lipinski definition) is 7. The number of aryl methyl sites for hydroxylation is 1. The SMILES string of the molecule is Cc1csc(=O)n1CC(=O)OCc1nc2ccccc2c(=O)n1CC#N. The molecule has 1 aromatic carbocycles. The van der Waals surface area contributed by atoms with Crippen molar-refractivity contribution in [3.8, 4) is 6.07 Å². The number of ether oxygens (including phenoxy) is 1. The molecule has 0 saturated heterocycles. The molecule has 0 aliphatic rings. The molecule has 0 fully saturated rings. The largest absolute Gasteiger partial charge is 0.456 e. The van der Waals surface area contributed by atoms with E-state index in [9.17, 15) is 14.4 Å². The molecule has 2 heterocycles. The van der Waals surface area contributed by atoms with Gasteiger partial charge in [0.25, 0.3) is 5.56 Å². The van der Waals surface area contributed by atoms with Crippen LogP contribution in [0.25, 0.3) is 10.9 Å². The second-order valence-corrected chi connectivity index (χ2v) is 6.31. The molecule has 0 spiro atoms. The molecular formula is C17H14N4O4S. The van der Waals surface area contributed by atoms with Gasteiger partial charge in [0.1, 0.15) is 19.7 Å². The molecule has 0 radical (unpaired) electrons. The molecule has 26 heavy (non-hydrogen) atoms. The Bertz CT molecular complexity index is 1140. The summed E-state index contributed by atoms with van der Waals surface area (Å²) in [7, 11) is 0. The lowest BCUT2D eigenvalue weighted by atomic mass is 10.2. The Labute approximate surface area is 151 Å². The van der Waals surface area contributed by atoms with E-state index in [0.29, 0.717) is 16.6 Å². The summed E-state index contributed by atoms with van der Waals surface area (Å²) < 4.78 is 7.66. The molecule has 0 aliphatic heterocycles. The van der Waals surface area contributed by atoms with E-state index in [4.69, 9.17) is 10.00 Å². The van der Waals surface area contributed by atoms with Gasteiger partial charge in [-0.15, -0.1) is 0 Å². The highest BCUT2D eigenvalue weighted by Gasteiger charge is 2.14. The standard InChI is InChI=1S/C17H14N4O4S/c1-11-10-26-17(24)21(11)8-15(22)25-9-14-19-13-5-3-2-4-12(13)16(23)20(14)7-6-18/h2-5,10H,7-9H2,1H3. The van der Waals surface area contributed by atoms with Crippen molar-refractivity contribution >= 4 is 28.2 Å². The summed E-state index contributed by atoms with van der Waals surface area (Å²) in [5.41, 5.74) is 0.762. The summed E-state index contributed by atoms with van der Waals surface area (Å²) in [6.07, 6.45) is 0. The van der Waals surface area contributed by atoms with E-state index in [1.165, 1.54) is 9.13 Å². The van der Waals surface area contributed by atoms with Gasteiger partial charge in [-0.05, 0) is 19.1 Å². The molecule has 0 aliphatic carbocycles. The van der Waals surface area contributed by atoms with Gasteiger partial charge in [0.05, 0.1) is 17.0 Å². The van der Waals surface area contributed by atoms with Gasteiger partial charge in [0, 0.05) is 11.1 Å². The average molecular weight is 370 g/mol. The van der Waals surface area contributed by atoms with Crippen molar-refractivity contribution in [2.24, 2.45) is 0 Å². The molecule has 0 N–H and O–H groups in total. The first-order valence-electron chi connectivity index (χ1n) is 7.67. The number of para-hydroxylation sites is 1. The highest BCUT2D eigenvalue weighted by molar-refractivity contribution is 7.07. The van der Waals surface area contributed by atoms with E-state index in [1.807, 2.05) is 6.07 Å². The maximum atomic E-state index is 12.5. The van der Waals surface area contributed by atoms with E-state index in [1.54, 1.807) is 36.6 Å². The van der Waals surface area contributed by atoms with Crippen molar-refractivity contribution in [1.82, 2.24) is 14.1 Å². The van der Waals surface area contributed by atoms with E-state index in [0.717, 1.165) is 11.3 Å². The molecule has 0 bridgehead atoms. The van der Waals surface area contributed by atoms with E-state index >= 15 is 0 Å². The van der Waals surface area contributed by atoms with Crippen LogP contribution in [0.1, 0.15) is 11.5 Å². The average Bonchev–Trinajstić information content (AvgIpc) is 2.94. The second kappa shape index (κ2) is 7.33. The minimum Gasteiger partial charge on any atom is -0.456 e. The Morgan fingerprint density at radius 1 is 1.31 bits per heavy atom. The van der Waals surface area contributed by atoms with Crippen molar-refractivity contribution in [2.75, 3.05) is 0 Å². The highest BCUT2D eigenvalue weighted by atomic mass is 32.1. The van der Waals surface area contributed by atoms with Gasteiger partial charge in [-0.3, -0.25) is 23.5 Å². The number of fused-ring (bicyclic) bond motifs is 1. The van der Waals surface area contributed by atoms with Gasteiger partial charge in [-0.25, -0.2) is 4.98 Å². The minimum absolute atomic E-state index is 0.179. The van der Waals surface area contributed by atoms with Gasteiger partial charge in [-0.2, -0.15) is 5.26 Å². The molecule has 0 atom stereocenters.